The summed E-state index contributed by atoms with van der Waals surface area (Å²) in [5.74, 6) is 1.96. The van der Waals surface area contributed by atoms with Gasteiger partial charge in [-0.05, 0) is 36.8 Å². The van der Waals surface area contributed by atoms with E-state index < -0.39 is 0 Å². The SMILES string of the molecule is BrC1CCCCC(CC2Cc3ccccc3O2)C1. The summed E-state index contributed by atoms with van der Waals surface area (Å²) in [7, 11) is 0. The van der Waals surface area contributed by atoms with Crippen LogP contribution in [-0.4, -0.2) is 10.9 Å². The van der Waals surface area contributed by atoms with Gasteiger partial charge in [-0.15, -0.1) is 0 Å². The van der Waals surface area contributed by atoms with Crippen LogP contribution in [0.25, 0.3) is 0 Å². The highest BCUT2D eigenvalue weighted by Gasteiger charge is 2.27. The summed E-state index contributed by atoms with van der Waals surface area (Å²) in [6, 6.07) is 8.50. The zero-order valence-electron chi connectivity index (χ0n) is 10.8. The Hall–Kier alpha value is -0.500. The van der Waals surface area contributed by atoms with Crippen molar-refractivity contribution in [1.29, 1.82) is 0 Å². The highest BCUT2D eigenvalue weighted by Crippen LogP contribution is 2.35. The predicted molar refractivity (Wildman–Crippen MR) is 78.5 cm³/mol. The molecular weight excluding hydrogens is 288 g/mol. The van der Waals surface area contributed by atoms with E-state index in [1.165, 1.54) is 44.1 Å². The summed E-state index contributed by atoms with van der Waals surface area (Å²) >= 11 is 3.82. The second-order valence-electron chi connectivity index (χ2n) is 5.77. The summed E-state index contributed by atoms with van der Waals surface area (Å²) in [4.78, 5) is 0.730. The number of benzene rings is 1. The summed E-state index contributed by atoms with van der Waals surface area (Å²) in [5.41, 5.74) is 1.39. The Morgan fingerprint density at radius 2 is 2.00 bits per heavy atom. The molecule has 0 amide bonds. The Kier molecular flexibility index (Phi) is 3.93. The Balaban J connectivity index is 1.58. The third kappa shape index (κ3) is 2.90. The van der Waals surface area contributed by atoms with Crippen molar-refractivity contribution in [2.75, 3.05) is 0 Å². The molecule has 2 aliphatic rings. The number of alkyl halides is 1. The molecule has 98 valence electrons. The second kappa shape index (κ2) is 5.64. The first-order valence-electron chi connectivity index (χ1n) is 7.20. The van der Waals surface area contributed by atoms with Gasteiger partial charge in [-0.25, -0.2) is 0 Å². The van der Waals surface area contributed by atoms with E-state index in [0.717, 1.165) is 22.9 Å². The summed E-state index contributed by atoms with van der Waals surface area (Å²) < 4.78 is 6.07. The predicted octanol–water partition coefficient (Wildman–Crippen LogP) is 4.72. The zero-order valence-corrected chi connectivity index (χ0v) is 12.4. The second-order valence-corrected chi connectivity index (χ2v) is 7.07. The minimum atomic E-state index is 0.421. The van der Waals surface area contributed by atoms with Crippen LogP contribution in [0.4, 0.5) is 0 Å². The molecule has 3 unspecified atom stereocenters. The lowest BCUT2D eigenvalue weighted by molar-refractivity contribution is 0.187. The van der Waals surface area contributed by atoms with Gasteiger partial charge in [0.2, 0.25) is 0 Å². The fraction of sp³-hybridized carbons (Fsp3) is 0.625. The minimum absolute atomic E-state index is 0.421. The number of hydrogen-bond donors (Lipinski definition) is 0. The van der Waals surface area contributed by atoms with Crippen molar-refractivity contribution < 1.29 is 4.74 Å². The van der Waals surface area contributed by atoms with Crippen molar-refractivity contribution in [1.82, 2.24) is 0 Å². The van der Waals surface area contributed by atoms with Crippen molar-refractivity contribution in [3.8, 4) is 5.75 Å². The molecule has 1 aliphatic carbocycles. The molecule has 1 nitrogen and oxygen atoms in total. The summed E-state index contributed by atoms with van der Waals surface area (Å²) in [5, 5.41) is 0. The van der Waals surface area contributed by atoms with E-state index in [1.54, 1.807) is 0 Å². The minimum Gasteiger partial charge on any atom is -0.490 e. The summed E-state index contributed by atoms with van der Waals surface area (Å²) in [6.45, 7) is 0. The standard InChI is InChI=1S/C16H21BrO/c17-14-7-3-1-5-12(9-14)10-15-11-13-6-2-4-8-16(13)18-15/h2,4,6,8,12,14-15H,1,3,5,7,9-11H2. The van der Waals surface area contributed by atoms with Gasteiger partial charge in [-0.2, -0.15) is 0 Å². The average molecular weight is 309 g/mol. The van der Waals surface area contributed by atoms with Crippen LogP contribution in [0, 0.1) is 5.92 Å². The third-order valence-electron chi connectivity index (χ3n) is 4.28. The molecule has 18 heavy (non-hydrogen) atoms. The Bertz CT molecular complexity index is 379. The Labute approximate surface area is 118 Å². The Morgan fingerprint density at radius 1 is 1.17 bits per heavy atom. The van der Waals surface area contributed by atoms with Gasteiger partial charge in [0.1, 0.15) is 11.9 Å². The van der Waals surface area contributed by atoms with Crippen LogP contribution < -0.4 is 4.74 Å². The van der Waals surface area contributed by atoms with Gasteiger partial charge in [0.05, 0.1) is 0 Å². The molecule has 0 aromatic heterocycles. The van der Waals surface area contributed by atoms with E-state index in [0.29, 0.717) is 6.10 Å². The van der Waals surface area contributed by atoms with E-state index in [9.17, 15) is 0 Å². The van der Waals surface area contributed by atoms with E-state index in [-0.39, 0.29) is 0 Å². The molecule has 0 bridgehead atoms. The van der Waals surface area contributed by atoms with Crippen LogP contribution in [0.15, 0.2) is 24.3 Å². The summed E-state index contributed by atoms with van der Waals surface area (Å²) in [6.07, 6.45) is 9.61. The molecule has 2 heteroatoms. The van der Waals surface area contributed by atoms with Gasteiger partial charge in [0, 0.05) is 11.2 Å². The van der Waals surface area contributed by atoms with Gasteiger partial charge in [-0.1, -0.05) is 53.4 Å². The maximum atomic E-state index is 6.07. The van der Waals surface area contributed by atoms with E-state index >= 15 is 0 Å². The van der Waals surface area contributed by atoms with Crippen molar-refractivity contribution in [2.24, 2.45) is 5.92 Å². The molecule has 1 aromatic carbocycles. The number of ether oxygens (including phenoxy) is 1. The Morgan fingerprint density at radius 3 is 2.89 bits per heavy atom. The molecule has 1 saturated carbocycles. The molecule has 0 saturated heterocycles. The third-order valence-corrected chi connectivity index (χ3v) is 5.11. The molecule has 0 spiro atoms. The number of para-hydroxylation sites is 1. The highest BCUT2D eigenvalue weighted by molar-refractivity contribution is 9.09. The van der Waals surface area contributed by atoms with Crippen LogP contribution in [0.3, 0.4) is 0 Å². The normalized spacial score (nSPS) is 31.5. The van der Waals surface area contributed by atoms with Crippen LogP contribution in [0.1, 0.15) is 44.1 Å². The largest absolute Gasteiger partial charge is 0.490 e. The first-order valence-corrected chi connectivity index (χ1v) is 8.11. The lowest BCUT2D eigenvalue weighted by Crippen LogP contribution is -2.19. The molecule has 0 radical (unpaired) electrons. The number of fused-ring (bicyclic) bond motifs is 1. The van der Waals surface area contributed by atoms with Gasteiger partial charge >= 0.3 is 0 Å². The van der Waals surface area contributed by atoms with E-state index in [1.807, 2.05) is 0 Å². The molecule has 1 heterocycles. The lowest BCUT2D eigenvalue weighted by atomic mass is 9.92. The van der Waals surface area contributed by atoms with Crippen LogP contribution in [0.2, 0.25) is 0 Å². The van der Waals surface area contributed by atoms with Gasteiger partial charge in [-0.3, -0.25) is 0 Å². The number of halogens is 1. The smallest absolute Gasteiger partial charge is 0.123 e. The topological polar surface area (TPSA) is 9.23 Å². The van der Waals surface area contributed by atoms with Crippen LogP contribution in [0.5, 0.6) is 5.75 Å². The maximum absolute atomic E-state index is 6.07. The lowest BCUT2D eigenvalue weighted by Gasteiger charge is -2.20. The van der Waals surface area contributed by atoms with E-state index in [2.05, 4.69) is 40.2 Å². The van der Waals surface area contributed by atoms with Crippen molar-refractivity contribution in [3.05, 3.63) is 29.8 Å². The molecule has 1 aromatic rings. The molecule has 1 aliphatic heterocycles. The van der Waals surface area contributed by atoms with Crippen molar-refractivity contribution >= 4 is 15.9 Å². The fourth-order valence-corrected chi connectivity index (χ4v) is 4.22. The van der Waals surface area contributed by atoms with Crippen molar-refractivity contribution in [3.63, 3.8) is 0 Å². The highest BCUT2D eigenvalue weighted by atomic mass is 79.9. The molecule has 3 atom stereocenters. The first kappa shape index (κ1) is 12.5. The number of rotatable bonds is 2. The first-order chi connectivity index (χ1) is 8.81. The average Bonchev–Trinajstić information content (AvgIpc) is 2.65. The number of hydrogen-bond acceptors (Lipinski definition) is 1. The van der Waals surface area contributed by atoms with Crippen LogP contribution >= 0.6 is 15.9 Å². The van der Waals surface area contributed by atoms with Gasteiger partial charge in [0.25, 0.3) is 0 Å². The fourth-order valence-electron chi connectivity index (χ4n) is 3.37. The monoisotopic (exact) mass is 308 g/mol. The molecule has 1 fully saturated rings. The van der Waals surface area contributed by atoms with Crippen LogP contribution in [-0.2, 0) is 6.42 Å². The molecule has 0 N–H and O–H groups in total. The van der Waals surface area contributed by atoms with Gasteiger partial charge < -0.3 is 4.74 Å². The molecule has 3 rings (SSSR count). The maximum Gasteiger partial charge on any atom is 0.123 e. The van der Waals surface area contributed by atoms with E-state index in [4.69, 9.17) is 4.74 Å². The van der Waals surface area contributed by atoms with Crippen molar-refractivity contribution in [2.45, 2.75) is 55.9 Å². The zero-order chi connectivity index (χ0) is 12.4. The molecular formula is C16H21BrO. The van der Waals surface area contributed by atoms with Gasteiger partial charge in [0.15, 0.2) is 0 Å². The quantitative estimate of drug-likeness (QED) is 0.567.